The van der Waals surface area contributed by atoms with Crippen molar-refractivity contribution in [2.45, 2.75) is 0 Å². The molecule has 0 rings (SSSR count). The average Bonchev–Trinajstić information content (AvgIpc) is 1.39. The highest BCUT2D eigenvalue weighted by molar-refractivity contribution is 6.40. The summed E-state index contributed by atoms with van der Waals surface area (Å²) in [6.45, 7) is -0.250. The van der Waals surface area contributed by atoms with E-state index in [0.29, 0.717) is 0 Å². The monoisotopic (exact) mass is 149 g/mol. The number of halogens is 2. The Morgan fingerprint density at radius 2 is 1.43 bits per heavy atom. The third kappa shape index (κ3) is 607. The number of hydrogen-bond donors (Lipinski definition) is 2. The van der Waals surface area contributed by atoms with E-state index in [1.807, 2.05) is 0 Å². The van der Waals surface area contributed by atoms with E-state index in [-0.39, 0.29) is 17.5 Å². The van der Waals surface area contributed by atoms with E-state index in [9.17, 15) is 0 Å². The average molecular weight is 150 g/mol. The normalized spacial score (nSPS) is 5.14. The van der Waals surface area contributed by atoms with Crippen LogP contribution in [-0.4, -0.2) is 22.7 Å². The van der Waals surface area contributed by atoms with E-state index in [1.165, 1.54) is 0 Å². The van der Waals surface area contributed by atoms with Crippen molar-refractivity contribution in [3.8, 4) is 0 Å². The van der Waals surface area contributed by atoms with Crippen LogP contribution in [0.5, 0.6) is 0 Å². The molecule has 48 valence electrons. The minimum absolute atomic E-state index is 0. The maximum absolute atomic E-state index is 7.35. The van der Waals surface area contributed by atoms with Gasteiger partial charge in [-0.3, -0.25) is 0 Å². The van der Waals surface area contributed by atoms with Gasteiger partial charge in [-0.1, -0.05) is 0 Å². The molecule has 5 N–H and O–H groups in total. The summed E-state index contributed by atoms with van der Waals surface area (Å²) in [4.78, 5) is 0. The van der Waals surface area contributed by atoms with Gasteiger partial charge in [0, 0.05) is 0 Å². The van der Waals surface area contributed by atoms with Crippen LogP contribution in [0.4, 0.5) is 0 Å². The minimum atomic E-state index is -0.250. The van der Waals surface area contributed by atoms with Crippen LogP contribution in [0.1, 0.15) is 0 Å². The number of nitrogens with two attached hydrogens (primary N) is 1. The SMILES string of the molecule is ClCCl.NCO.O. The fraction of sp³-hybridized carbons (Fsp3) is 1.00. The van der Waals surface area contributed by atoms with Crippen LogP contribution in [0.25, 0.3) is 0 Å². The van der Waals surface area contributed by atoms with Gasteiger partial charge in [-0.2, -0.15) is 0 Å². The van der Waals surface area contributed by atoms with Gasteiger partial charge >= 0.3 is 0 Å². The number of aliphatic hydroxyl groups excluding tert-OH is 1. The summed E-state index contributed by atoms with van der Waals surface area (Å²) in [6.07, 6.45) is 0. The third-order valence-electron chi connectivity index (χ3n) is 0. The van der Waals surface area contributed by atoms with Crippen molar-refractivity contribution in [2.24, 2.45) is 5.73 Å². The van der Waals surface area contributed by atoms with Gasteiger partial charge in [0.05, 0.1) is 12.1 Å². The van der Waals surface area contributed by atoms with Gasteiger partial charge in [-0.05, 0) is 0 Å². The van der Waals surface area contributed by atoms with Crippen molar-refractivity contribution in [1.82, 2.24) is 0 Å². The molecule has 0 atom stereocenters. The molecule has 0 aromatic rings. The molecular weight excluding hydrogens is 141 g/mol. The highest BCUT2D eigenvalue weighted by Gasteiger charge is 1.41. The smallest absolute Gasteiger partial charge is 0.0967 e. The molecular formula is C2H9Cl2NO2. The third-order valence-corrected chi connectivity index (χ3v) is 0. The highest BCUT2D eigenvalue weighted by Crippen LogP contribution is 1.73. The highest BCUT2D eigenvalue weighted by atomic mass is 35.5. The fourth-order valence-corrected chi connectivity index (χ4v) is 0. The second-order valence-electron chi connectivity index (χ2n) is 0.284. The summed E-state index contributed by atoms with van der Waals surface area (Å²) in [7, 11) is 0. The standard InChI is InChI=1S/CH2Cl2.CH5NO.H2O/c2*2-1-3;/h1H2;3H,1-2H2;1H2. The van der Waals surface area contributed by atoms with E-state index in [1.54, 1.807) is 0 Å². The zero-order valence-electron chi connectivity index (χ0n) is 3.69. The van der Waals surface area contributed by atoms with Crippen LogP contribution in [0.15, 0.2) is 0 Å². The summed E-state index contributed by atoms with van der Waals surface area (Å²) in [5.74, 6) is 0. The van der Waals surface area contributed by atoms with Crippen LogP contribution in [0, 0.1) is 0 Å². The molecule has 0 aromatic heterocycles. The maximum Gasteiger partial charge on any atom is 0.0967 e. The first-order chi connectivity index (χ1) is 2.83. The zero-order chi connectivity index (χ0) is 5.41. The van der Waals surface area contributed by atoms with Crippen LogP contribution < -0.4 is 5.73 Å². The van der Waals surface area contributed by atoms with Crippen LogP contribution in [0.2, 0.25) is 0 Å². The zero-order valence-corrected chi connectivity index (χ0v) is 5.21. The van der Waals surface area contributed by atoms with Crippen molar-refractivity contribution in [1.29, 1.82) is 0 Å². The van der Waals surface area contributed by atoms with Crippen LogP contribution >= 0.6 is 23.2 Å². The largest absolute Gasteiger partial charge is 0.412 e. The molecule has 0 saturated heterocycles. The van der Waals surface area contributed by atoms with Crippen molar-refractivity contribution in [3.63, 3.8) is 0 Å². The van der Waals surface area contributed by atoms with Crippen LogP contribution in [-0.2, 0) is 0 Å². The van der Waals surface area contributed by atoms with E-state index >= 15 is 0 Å². The molecule has 3 nitrogen and oxygen atoms in total. The summed E-state index contributed by atoms with van der Waals surface area (Å²) in [5, 5.41) is 7.54. The quantitative estimate of drug-likeness (QED) is 0.360. The maximum atomic E-state index is 7.35. The molecule has 0 heterocycles. The molecule has 0 bridgehead atoms. The molecule has 5 heteroatoms. The van der Waals surface area contributed by atoms with E-state index in [4.69, 9.17) is 28.3 Å². The molecule has 0 fully saturated rings. The summed E-state index contributed by atoms with van der Waals surface area (Å²) in [5.41, 5.74) is 4.40. The predicted molar refractivity (Wildman–Crippen MR) is 31.5 cm³/mol. The molecule has 0 aliphatic heterocycles. The lowest BCUT2D eigenvalue weighted by Gasteiger charge is -1.56. The minimum Gasteiger partial charge on any atom is -0.412 e. The number of rotatable bonds is 0. The number of hydrogen-bond acceptors (Lipinski definition) is 2. The molecule has 0 radical (unpaired) electrons. The number of aliphatic hydroxyl groups is 1. The summed E-state index contributed by atoms with van der Waals surface area (Å²) < 4.78 is 0. The van der Waals surface area contributed by atoms with E-state index < -0.39 is 0 Å². The van der Waals surface area contributed by atoms with Gasteiger partial charge in [0.15, 0.2) is 0 Å². The Hall–Kier alpha value is 0.460. The molecule has 0 spiro atoms. The lowest BCUT2D eigenvalue weighted by molar-refractivity contribution is 0.307. The van der Waals surface area contributed by atoms with Gasteiger partial charge < -0.3 is 16.3 Å². The molecule has 0 saturated carbocycles. The van der Waals surface area contributed by atoms with Crippen molar-refractivity contribution in [2.75, 3.05) is 12.1 Å². The molecule has 0 unspecified atom stereocenters. The predicted octanol–water partition coefficient (Wildman–Crippen LogP) is -0.508. The molecule has 0 aromatic carbocycles. The van der Waals surface area contributed by atoms with Crippen molar-refractivity contribution in [3.05, 3.63) is 0 Å². The van der Waals surface area contributed by atoms with Crippen LogP contribution in [0.3, 0.4) is 0 Å². The Kier molecular flexibility index (Phi) is 71.2. The first kappa shape index (κ1) is 15.7. The topological polar surface area (TPSA) is 77.8 Å². The van der Waals surface area contributed by atoms with Gasteiger partial charge in [0.2, 0.25) is 0 Å². The van der Waals surface area contributed by atoms with E-state index in [2.05, 4.69) is 5.73 Å². The van der Waals surface area contributed by atoms with Gasteiger partial charge in [-0.15, -0.1) is 23.2 Å². The van der Waals surface area contributed by atoms with Gasteiger partial charge in [-0.25, -0.2) is 0 Å². The Morgan fingerprint density at radius 3 is 1.43 bits per heavy atom. The summed E-state index contributed by atoms with van der Waals surface area (Å²) >= 11 is 9.53. The Morgan fingerprint density at radius 1 is 1.43 bits per heavy atom. The Bertz CT molecular complexity index is 15.7. The fourth-order valence-electron chi connectivity index (χ4n) is 0. The number of alkyl halides is 2. The van der Waals surface area contributed by atoms with Gasteiger partial charge in [0.1, 0.15) is 0 Å². The second kappa shape index (κ2) is 31.8. The molecule has 7 heavy (non-hydrogen) atoms. The second-order valence-corrected chi connectivity index (χ2v) is 1.09. The van der Waals surface area contributed by atoms with E-state index in [0.717, 1.165) is 0 Å². The van der Waals surface area contributed by atoms with Crippen molar-refractivity contribution < 1.29 is 10.6 Å². The first-order valence-electron chi connectivity index (χ1n) is 1.26. The molecule has 0 aliphatic carbocycles. The summed E-state index contributed by atoms with van der Waals surface area (Å²) in [6, 6.07) is 0. The Labute approximate surface area is 52.3 Å². The lowest BCUT2D eigenvalue weighted by atomic mass is 11.4. The molecule has 0 amide bonds. The van der Waals surface area contributed by atoms with Gasteiger partial charge in [0.25, 0.3) is 0 Å². The lowest BCUT2D eigenvalue weighted by Crippen LogP contribution is -1.92. The molecule has 0 aliphatic rings. The van der Waals surface area contributed by atoms with Crippen molar-refractivity contribution >= 4 is 23.2 Å². The first-order valence-corrected chi connectivity index (χ1v) is 2.33. The Balaban J connectivity index is -0.0000000400.